The van der Waals surface area contributed by atoms with E-state index in [4.69, 9.17) is 4.74 Å². The van der Waals surface area contributed by atoms with Crippen LogP contribution in [0.4, 0.5) is 5.82 Å². The topological polar surface area (TPSA) is 28.6 Å². The minimum atomic E-state index is -0.0277. The average Bonchev–Trinajstić information content (AvgIpc) is 2.46. The van der Waals surface area contributed by atoms with E-state index < -0.39 is 0 Å². The predicted octanol–water partition coefficient (Wildman–Crippen LogP) is 2.02. The van der Waals surface area contributed by atoms with Gasteiger partial charge in [0.15, 0.2) is 0 Å². The molecule has 0 bridgehead atoms. The standard InChI is InChI=1S/C15H25N3O/c1-4-15(8-10-17(2)3)13-18(11-12-19-15)14-7-5-6-9-16-14/h5-7,9H,4,8,10-13H2,1-3H3. The molecule has 1 fully saturated rings. The fourth-order valence-corrected chi connectivity index (χ4v) is 2.55. The first kappa shape index (κ1) is 14.3. The lowest BCUT2D eigenvalue weighted by atomic mass is 9.93. The van der Waals surface area contributed by atoms with E-state index in [1.165, 1.54) is 0 Å². The molecule has 1 aromatic heterocycles. The largest absolute Gasteiger partial charge is 0.371 e. The molecule has 0 radical (unpaired) electrons. The van der Waals surface area contributed by atoms with Gasteiger partial charge in [0.05, 0.1) is 12.2 Å². The Labute approximate surface area is 116 Å². The fourth-order valence-electron chi connectivity index (χ4n) is 2.55. The molecule has 106 valence electrons. The van der Waals surface area contributed by atoms with E-state index in [0.717, 1.165) is 44.9 Å². The predicted molar refractivity (Wildman–Crippen MR) is 78.6 cm³/mol. The van der Waals surface area contributed by atoms with E-state index in [-0.39, 0.29) is 5.60 Å². The third-order valence-electron chi connectivity index (χ3n) is 3.88. The molecule has 4 heteroatoms. The number of nitrogens with zero attached hydrogens (tertiary/aromatic N) is 3. The second kappa shape index (κ2) is 6.35. The number of hydrogen-bond acceptors (Lipinski definition) is 4. The molecule has 1 aromatic rings. The maximum absolute atomic E-state index is 6.12. The second-order valence-electron chi connectivity index (χ2n) is 5.55. The summed E-state index contributed by atoms with van der Waals surface area (Å²) in [5.41, 5.74) is -0.0277. The molecule has 0 N–H and O–H groups in total. The molecule has 19 heavy (non-hydrogen) atoms. The van der Waals surface area contributed by atoms with E-state index in [0.29, 0.717) is 0 Å². The summed E-state index contributed by atoms with van der Waals surface area (Å²) in [5, 5.41) is 0. The van der Waals surface area contributed by atoms with Crippen LogP contribution in [0.1, 0.15) is 19.8 Å². The molecule has 1 aliphatic heterocycles. The van der Waals surface area contributed by atoms with Crippen molar-refractivity contribution in [3.05, 3.63) is 24.4 Å². The van der Waals surface area contributed by atoms with Crippen molar-refractivity contribution >= 4 is 5.82 Å². The summed E-state index contributed by atoms with van der Waals surface area (Å²) in [4.78, 5) is 9.03. The highest BCUT2D eigenvalue weighted by Gasteiger charge is 2.35. The summed E-state index contributed by atoms with van der Waals surface area (Å²) in [5.74, 6) is 1.06. The number of hydrogen-bond donors (Lipinski definition) is 0. The Morgan fingerprint density at radius 1 is 1.42 bits per heavy atom. The molecular weight excluding hydrogens is 238 g/mol. The van der Waals surface area contributed by atoms with E-state index >= 15 is 0 Å². The zero-order valence-electron chi connectivity index (χ0n) is 12.3. The van der Waals surface area contributed by atoms with Crippen molar-refractivity contribution < 1.29 is 4.74 Å². The van der Waals surface area contributed by atoms with Crippen LogP contribution in [0.25, 0.3) is 0 Å². The number of morpholine rings is 1. The summed E-state index contributed by atoms with van der Waals surface area (Å²) < 4.78 is 6.12. The molecule has 1 unspecified atom stereocenters. The summed E-state index contributed by atoms with van der Waals surface area (Å²) in [7, 11) is 4.23. The van der Waals surface area contributed by atoms with Crippen molar-refractivity contribution in [3.63, 3.8) is 0 Å². The number of rotatable bonds is 5. The summed E-state index contributed by atoms with van der Waals surface area (Å²) >= 11 is 0. The van der Waals surface area contributed by atoms with Crippen molar-refractivity contribution in [3.8, 4) is 0 Å². The van der Waals surface area contributed by atoms with Crippen molar-refractivity contribution in [2.45, 2.75) is 25.4 Å². The van der Waals surface area contributed by atoms with Crippen LogP contribution in [0.5, 0.6) is 0 Å². The quantitative estimate of drug-likeness (QED) is 0.812. The Hall–Kier alpha value is -1.13. The molecule has 2 heterocycles. The first-order valence-electron chi connectivity index (χ1n) is 7.10. The number of aromatic nitrogens is 1. The maximum Gasteiger partial charge on any atom is 0.128 e. The van der Waals surface area contributed by atoms with E-state index in [1.54, 1.807) is 0 Å². The third-order valence-corrected chi connectivity index (χ3v) is 3.88. The monoisotopic (exact) mass is 263 g/mol. The first-order valence-corrected chi connectivity index (χ1v) is 7.10. The van der Waals surface area contributed by atoms with Crippen LogP contribution in [0.3, 0.4) is 0 Å². The summed E-state index contributed by atoms with van der Waals surface area (Å²) in [6.45, 7) is 5.94. The molecule has 0 amide bonds. The number of anilines is 1. The Kier molecular flexibility index (Phi) is 4.77. The van der Waals surface area contributed by atoms with Gasteiger partial charge in [0.1, 0.15) is 5.82 Å². The van der Waals surface area contributed by atoms with Crippen LogP contribution in [0, 0.1) is 0 Å². The van der Waals surface area contributed by atoms with Gasteiger partial charge in [-0.25, -0.2) is 4.98 Å². The lowest BCUT2D eigenvalue weighted by molar-refractivity contribution is -0.0666. The zero-order chi connectivity index (χ0) is 13.7. The first-order chi connectivity index (χ1) is 9.15. The molecule has 0 spiro atoms. The Bertz CT molecular complexity index is 382. The third kappa shape index (κ3) is 3.67. The summed E-state index contributed by atoms with van der Waals surface area (Å²) in [6, 6.07) is 6.09. The minimum absolute atomic E-state index is 0.0277. The molecular formula is C15H25N3O. The van der Waals surface area contributed by atoms with Gasteiger partial charge in [-0.1, -0.05) is 13.0 Å². The van der Waals surface area contributed by atoms with Gasteiger partial charge in [-0.15, -0.1) is 0 Å². The average molecular weight is 263 g/mol. The maximum atomic E-state index is 6.12. The van der Waals surface area contributed by atoms with Crippen molar-refractivity contribution in [2.75, 3.05) is 45.2 Å². The minimum Gasteiger partial charge on any atom is -0.371 e. The van der Waals surface area contributed by atoms with E-state index in [9.17, 15) is 0 Å². The van der Waals surface area contributed by atoms with Gasteiger partial charge < -0.3 is 14.5 Å². The number of pyridine rings is 1. The van der Waals surface area contributed by atoms with E-state index in [1.807, 2.05) is 18.3 Å². The van der Waals surface area contributed by atoms with Gasteiger partial charge in [-0.3, -0.25) is 0 Å². The lowest BCUT2D eigenvalue weighted by Crippen LogP contribution is -2.53. The SMILES string of the molecule is CCC1(CCN(C)C)CN(c2ccccn2)CCO1. The highest BCUT2D eigenvalue weighted by Crippen LogP contribution is 2.28. The van der Waals surface area contributed by atoms with Crippen LogP contribution in [-0.2, 0) is 4.74 Å². The van der Waals surface area contributed by atoms with Gasteiger partial charge in [0.2, 0.25) is 0 Å². The molecule has 4 nitrogen and oxygen atoms in total. The molecule has 1 aliphatic rings. The van der Waals surface area contributed by atoms with Gasteiger partial charge in [0.25, 0.3) is 0 Å². The van der Waals surface area contributed by atoms with Crippen LogP contribution in [0.15, 0.2) is 24.4 Å². The zero-order valence-corrected chi connectivity index (χ0v) is 12.3. The normalized spacial score (nSPS) is 23.9. The molecule has 0 aromatic carbocycles. The van der Waals surface area contributed by atoms with Gasteiger partial charge >= 0.3 is 0 Å². The van der Waals surface area contributed by atoms with Crippen LogP contribution in [-0.4, -0.2) is 55.8 Å². The molecule has 1 atom stereocenters. The van der Waals surface area contributed by atoms with E-state index in [2.05, 4.69) is 41.9 Å². The smallest absolute Gasteiger partial charge is 0.128 e. The van der Waals surface area contributed by atoms with Crippen LogP contribution < -0.4 is 4.90 Å². The Morgan fingerprint density at radius 2 is 2.26 bits per heavy atom. The van der Waals surface area contributed by atoms with Crippen molar-refractivity contribution in [1.29, 1.82) is 0 Å². The molecule has 0 aliphatic carbocycles. The molecule has 1 saturated heterocycles. The fraction of sp³-hybridized carbons (Fsp3) is 0.667. The van der Waals surface area contributed by atoms with Crippen LogP contribution >= 0.6 is 0 Å². The summed E-state index contributed by atoms with van der Waals surface area (Å²) in [6.07, 6.45) is 3.97. The molecule has 0 saturated carbocycles. The highest BCUT2D eigenvalue weighted by molar-refractivity contribution is 5.38. The van der Waals surface area contributed by atoms with Gasteiger partial charge in [-0.2, -0.15) is 0 Å². The highest BCUT2D eigenvalue weighted by atomic mass is 16.5. The Morgan fingerprint density at radius 3 is 2.89 bits per heavy atom. The van der Waals surface area contributed by atoms with Gasteiger partial charge in [0, 0.05) is 25.8 Å². The second-order valence-corrected chi connectivity index (χ2v) is 5.55. The number of ether oxygens (including phenoxy) is 1. The molecule has 2 rings (SSSR count). The lowest BCUT2D eigenvalue weighted by Gasteiger charge is -2.43. The Balaban J connectivity index is 2.05. The van der Waals surface area contributed by atoms with Crippen molar-refractivity contribution in [2.24, 2.45) is 0 Å². The van der Waals surface area contributed by atoms with Gasteiger partial charge in [-0.05, 0) is 39.1 Å². The van der Waals surface area contributed by atoms with Crippen molar-refractivity contribution in [1.82, 2.24) is 9.88 Å². The van der Waals surface area contributed by atoms with Crippen LogP contribution in [0.2, 0.25) is 0 Å².